The molecule has 0 aromatic heterocycles. The predicted molar refractivity (Wildman–Crippen MR) is 136 cm³/mol. The third kappa shape index (κ3) is 4.64. The van der Waals surface area contributed by atoms with E-state index in [0.29, 0.717) is 11.1 Å². The lowest BCUT2D eigenvalue weighted by Gasteiger charge is -2.49. The molecule has 0 radical (unpaired) electrons. The summed E-state index contributed by atoms with van der Waals surface area (Å²) in [5.41, 5.74) is 1.12. The number of hydrogen-bond acceptors (Lipinski definition) is 4. The molecule has 2 aromatic rings. The van der Waals surface area contributed by atoms with Crippen molar-refractivity contribution in [1.29, 1.82) is 0 Å². The van der Waals surface area contributed by atoms with Crippen LogP contribution in [0.4, 0.5) is 0 Å². The van der Waals surface area contributed by atoms with Crippen molar-refractivity contribution < 1.29 is 20.4 Å². The molecule has 184 valence electrons. The molecule has 2 aromatic carbocycles. The fraction of sp³-hybridized carbons (Fsp3) is 0.586. The van der Waals surface area contributed by atoms with Crippen LogP contribution in [0.2, 0.25) is 0 Å². The highest BCUT2D eigenvalue weighted by atomic mass is 16.3. The van der Waals surface area contributed by atoms with Gasteiger partial charge < -0.3 is 20.4 Å². The van der Waals surface area contributed by atoms with E-state index >= 15 is 0 Å². The monoisotopic (exact) mass is 456 g/mol. The van der Waals surface area contributed by atoms with Crippen molar-refractivity contribution in [3.05, 3.63) is 69.8 Å². The summed E-state index contributed by atoms with van der Waals surface area (Å²) in [5, 5.41) is 44.7. The molecule has 0 amide bonds. The number of aliphatic hydroxyl groups is 4. The van der Waals surface area contributed by atoms with Crippen LogP contribution in [0.3, 0.4) is 0 Å². The van der Waals surface area contributed by atoms with Crippen molar-refractivity contribution in [2.45, 2.75) is 84.7 Å². The Bertz CT molecular complexity index is 880. The Balaban J connectivity index is 3.17. The van der Waals surface area contributed by atoms with Gasteiger partial charge in [-0.2, -0.15) is 0 Å². The molecule has 0 spiro atoms. The van der Waals surface area contributed by atoms with Gasteiger partial charge in [-0.25, -0.2) is 0 Å². The normalized spacial score (nSPS) is 13.5. The van der Waals surface area contributed by atoms with Crippen LogP contribution in [0.25, 0.3) is 0 Å². The number of rotatable bonds is 10. The molecule has 0 saturated carbocycles. The standard InChI is InChI=1S/C29H44O4/c1-9-26(5,6)22-13-11-20(3)15-24(22)29(33,28(17-30,18-31)19-32)25-16-21(4)12-14-23(25)27(7,8)10-2/h11-16,30-33H,9-10,17-19H2,1-8H3. The average molecular weight is 457 g/mol. The Morgan fingerprint density at radius 1 is 0.606 bits per heavy atom. The Labute approximate surface area is 200 Å². The van der Waals surface area contributed by atoms with Gasteiger partial charge in [-0.3, -0.25) is 0 Å². The van der Waals surface area contributed by atoms with Gasteiger partial charge in [-0.05, 0) is 59.8 Å². The topological polar surface area (TPSA) is 80.9 Å². The molecule has 0 aliphatic carbocycles. The van der Waals surface area contributed by atoms with Gasteiger partial charge in [0.05, 0.1) is 25.2 Å². The molecule has 4 heteroatoms. The molecule has 0 unspecified atom stereocenters. The smallest absolute Gasteiger partial charge is 0.127 e. The molecule has 4 nitrogen and oxygen atoms in total. The molecule has 2 rings (SSSR count). The van der Waals surface area contributed by atoms with Crippen LogP contribution in [-0.2, 0) is 16.4 Å². The first kappa shape index (κ1) is 27.5. The second kappa shape index (κ2) is 9.87. The number of aliphatic hydroxyl groups excluding tert-OH is 3. The van der Waals surface area contributed by atoms with Crippen molar-refractivity contribution in [2.24, 2.45) is 5.41 Å². The molecule has 0 fully saturated rings. The quantitative estimate of drug-likeness (QED) is 0.411. The first-order chi connectivity index (χ1) is 15.3. The van der Waals surface area contributed by atoms with E-state index < -0.39 is 30.8 Å². The van der Waals surface area contributed by atoms with E-state index in [-0.39, 0.29) is 10.8 Å². The maximum Gasteiger partial charge on any atom is 0.127 e. The first-order valence-electron chi connectivity index (χ1n) is 12.1. The molecule has 0 aliphatic rings. The summed E-state index contributed by atoms with van der Waals surface area (Å²) in [6.07, 6.45) is 1.68. The third-order valence-electron chi connectivity index (χ3n) is 8.03. The van der Waals surface area contributed by atoms with E-state index in [4.69, 9.17) is 0 Å². The zero-order valence-electron chi connectivity index (χ0n) is 21.8. The zero-order chi connectivity index (χ0) is 25.2. The van der Waals surface area contributed by atoms with E-state index in [1.165, 1.54) is 0 Å². The molecule has 0 atom stereocenters. The van der Waals surface area contributed by atoms with E-state index in [9.17, 15) is 20.4 Å². The van der Waals surface area contributed by atoms with Gasteiger partial charge >= 0.3 is 0 Å². The molecule has 33 heavy (non-hydrogen) atoms. The Kier molecular flexibility index (Phi) is 8.23. The summed E-state index contributed by atoms with van der Waals surface area (Å²) in [4.78, 5) is 0. The van der Waals surface area contributed by atoms with Crippen molar-refractivity contribution in [3.63, 3.8) is 0 Å². The van der Waals surface area contributed by atoms with Gasteiger partial charge in [0.25, 0.3) is 0 Å². The van der Waals surface area contributed by atoms with Crippen LogP contribution < -0.4 is 0 Å². The summed E-state index contributed by atoms with van der Waals surface area (Å²) in [5.74, 6) is 0. The highest BCUT2D eigenvalue weighted by Crippen LogP contribution is 2.51. The van der Waals surface area contributed by atoms with Crippen molar-refractivity contribution in [2.75, 3.05) is 19.8 Å². The SMILES string of the molecule is CCC(C)(C)c1ccc(C)cc1C(O)(c1cc(C)ccc1C(C)(C)CC)C(CO)(CO)CO. The highest BCUT2D eigenvalue weighted by Gasteiger charge is 2.55. The second-order valence-electron chi connectivity index (χ2n) is 11.0. The number of benzene rings is 2. The molecule has 0 aliphatic heterocycles. The van der Waals surface area contributed by atoms with Crippen molar-refractivity contribution >= 4 is 0 Å². The van der Waals surface area contributed by atoms with Crippen LogP contribution in [-0.4, -0.2) is 40.2 Å². The van der Waals surface area contributed by atoms with E-state index in [1.54, 1.807) is 0 Å². The van der Waals surface area contributed by atoms with E-state index in [0.717, 1.165) is 35.1 Å². The molecule has 0 saturated heterocycles. The minimum atomic E-state index is -1.83. The minimum absolute atomic E-state index is 0.270. The fourth-order valence-electron chi connectivity index (χ4n) is 4.69. The lowest BCUT2D eigenvalue weighted by Crippen LogP contribution is -2.55. The summed E-state index contributed by atoms with van der Waals surface area (Å²) in [6.45, 7) is 15.0. The molecular formula is C29H44O4. The van der Waals surface area contributed by atoms with Crippen molar-refractivity contribution in [3.8, 4) is 0 Å². The van der Waals surface area contributed by atoms with Gasteiger partial charge in [0.1, 0.15) is 5.60 Å². The van der Waals surface area contributed by atoms with Crippen LogP contribution in [0, 0.1) is 19.3 Å². The molecule has 4 N–H and O–H groups in total. The van der Waals surface area contributed by atoms with Gasteiger partial charge in [0.15, 0.2) is 0 Å². The Morgan fingerprint density at radius 3 is 1.21 bits per heavy atom. The van der Waals surface area contributed by atoms with Gasteiger partial charge in [-0.1, -0.05) is 89.1 Å². The highest BCUT2D eigenvalue weighted by molar-refractivity contribution is 5.52. The second-order valence-corrected chi connectivity index (χ2v) is 11.0. The van der Waals surface area contributed by atoms with Crippen LogP contribution in [0.1, 0.15) is 87.8 Å². The van der Waals surface area contributed by atoms with Crippen molar-refractivity contribution in [1.82, 2.24) is 0 Å². The molecular weight excluding hydrogens is 412 g/mol. The third-order valence-corrected chi connectivity index (χ3v) is 8.03. The molecule has 0 bridgehead atoms. The Hall–Kier alpha value is -1.72. The number of aryl methyl sites for hydroxylation is 2. The lowest BCUT2D eigenvalue weighted by molar-refractivity contribution is -0.137. The fourth-order valence-corrected chi connectivity index (χ4v) is 4.69. The lowest BCUT2D eigenvalue weighted by atomic mass is 9.60. The Morgan fingerprint density at radius 2 is 0.939 bits per heavy atom. The van der Waals surface area contributed by atoms with Crippen LogP contribution in [0.15, 0.2) is 36.4 Å². The van der Waals surface area contributed by atoms with E-state index in [2.05, 4.69) is 41.5 Å². The average Bonchev–Trinajstić information content (AvgIpc) is 2.79. The van der Waals surface area contributed by atoms with Gasteiger partial charge in [-0.15, -0.1) is 0 Å². The molecule has 0 heterocycles. The number of hydrogen-bond donors (Lipinski definition) is 4. The largest absolute Gasteiger partial charge is 0.395 e. The predicted octanol–water partition coefficient (Wildman–Crippen LogP) is 4.88. The maximum absolute atomic E-state index is 12.9. The van der Waals surface area contributed by atoms with Gasteiger partial charge in [0.2, 0.25) is 0 Å². The van der Waals surface area contributed by atoms with Gasteiger partial charge in [0, 0.05) is 0 Å². The van der Waals surface area contributed by atoms with Crippen LogP contribution in [0.5, 0.6) is 0 Å². The summed E-state index contributed by atoms with van der Waals surface area (Å²) >= 11 is 0. The minimum Gasteiger partial charge on any atom is -0.395 e. The zero-order valence-corrected chi connectivity index (χ0v) is 21.8. The maximum atomic E-state index is 12.9. The van der Waals surface area contributed by atoms with E-state index in [1.807, 2.05) is 50.2 Å². The summed E-state index contributed by atoms with van der Waals surface area (Å²) in [6, 6.07) is 12.0. The summed E-state index contributed by atoms with van der Waals surface area (Å²) in [7, 11) is 0. The van der Waals surface area contributed by atoms with Crippen LogP contribution >= 0.6 is 0 Å². The first-order valence-corrected chi connectivity index (χ1v) is 12.1. The summed E-state index contributed by atoms with van der Waals surface area (Å²) < 4.78 is 0.